The average Bonchev–Trinajstić information content (AvgIpc) is 3.03. The van der Waals surface area contributed by atoms with E-state index in [1.165, 1.54) is 6.07 Å². The van der Waals surface area contributed by atoms with Crippen molar-refractivity contribution in [1.29, 1.82) is 0 Å². The highest BCUT2D eigenvalue weighted by atomic mass is 16.6. The predicted molar refractivity (Wildman–Crippen MR) is 93.0 cm³/mol. The number of nitro benzene ring substituents is 1. The molecule has 0 aliphatic carbocycles. The third-order valence-electron chi connectivity index (χ3n) is 3.69. The number of rotatable bonds is 8. The summed E-state index contributed by atoms with van der Waals surface area (Å²) in [4.78, 5) is 38.6. The molecule has 9 heteroatoms. The minimum Gasteiger partial charge on any atom is -0.462 e. The average molecular weight is 360 g/mol. The van der Waals surface area contributed by atoms with Crippen LogP contribution in [0.15, 0.2) is 30.6 Å². The second-order valence-corrected chi connectivity index (χ2v) is 5.52. The van der Waals surface area contributed by atoms with Crippen LogP contribution in [0.1, 0.15) is 39.9 Å². The lowest BCUT2D eigenvalue weighted by Gasteiger charge is -2.08. The third-order valence-corrected chi connectivity index (χ3v) is 3.69. The van der Waals surface area contributed by atoms with Crippen molar-refractivity contribution in [3.8, 4) is 0 Å². The van der Waals surface area contributed by atoms with Crippen LogP contribution in [0.5, 0.6) is 0 Å². The summed E-state index contributed by atoms with van der Waals surface area (Å²) in [6, 6.07) is 3.52. The number of ether oxygens (including phenoxy) is 1. The number of carbonyl (C=O) groups excluding carboxylic acids is 2. The van der Waals surface area contributed by atoms with E-state index in [4.69, 9.17) is 4.74 Å². The number of aryl methyl sites for hydroxylation is 2. The fourth-order valence-electron chi connectivity index (χ4n) is 2.37. The van der Waals surface area contributed by atoms with Crippen LogP contribution in [-0.2, 0) is 11.3 Å². The van der Waals surface area contributed by atoms with Crippen LogP contribution >= 0.6 is 0 Å². The van der Waals surface area contributed by atoms with Gasteiger partial charge in [-0.15, -0.1) is 0 Å². The number of hydrogen-bond acceptors (Lipinski definition) is 6. The fraction of sp³-hybridized carbons (Fsp3) is 0.353. The Hall–Kier alpha value is -3.23. The highest BCUT2D eigenvalue weighted by Gasteiger charge is 2.18. The molecule has 0 spiro atoms. The SMILES string of the molecule is CCOC(=O)c1cc(C(=O)NCCCn2ccnc2C)cc([N+](=O)[O-])c1. The normalized spacial score (nSPS) is 10.4. The summed E-state index contributed by atoms with van der Waals surface area (Å²) < 4.78 is 6.80. The highest BCUT2D eigenvalue weighted by Crippen LogP contribution is 2.18. The summed E-state index contributed by atoms with van der Waals surface area (Å²) in [6.07, 6.45) is 4.22. The zero-order valence-electron chi connectivity index (χ0n) is 14.6. The Morgan fingerprint density at radius 1 is 1.31 bits per heavy atom. The maximum atomic E-state index is 12.3. The second kappa shape index (κ2) is 8.75. The summed E-state index contributed by atoms with van der Waals surface area (Å²) in [6.45, 7) is 4.73. The maximum Gasteiger partial charge on any atom is 0.338 e. The van der Waals surface area contributed by atoms with E-state index in [-0.39, 0.29) is 23.4 Å². The predicted octanol–water partition coefficient (Wildman–Crippen LogP) is 2.10. The topological polar surface area (TPSA) is 116 Å². The molecule has 0 atom stereocenters. The van der Waals surface area contributed by atoms with Gasteiger partial charge in [0.05, 0.1) is 17.1 Å². The van der Waals surface area contributed by atoms with Gasteiger partial charge in [-0.25, -0.2) is 9.78 Å². The summed E-state index contributed by atoms with van der Waals surface area (Å²) >= 11 is 0. The van der Waals surface area contributed by atoms with Crippen LogP contribution in [-0.4, -0.2) is 39.5 Å². The number of esters is 1. The zero-order chi connectivity index (χ0) is 19.1. The van der Waals surface area contributed by atoms with E-state index in [0.717, 1.165) is 18.0 Å². The van der Waals surface area contributed by atoms with Gasteiger partial charge in [-0.05, 0) is 26.3 Å². The monoisotopic (exact) mass is 360 g/mol. The smallest absolute Gasteiger partial charge is 0.338 e. The fourth-order valence-corrected chi connectivity index (χ4v) is 2.37. The lowest BCUT2D eigenvalue weighted by atomic mass is 10.1. The Kier molecular flexibility index (Phi) is 6.42. The number of nitro groups is 1. The molecule has 1 heterocycles. The molecular weight excluding hydrogens is 340 g/mol. The van der Waals surface area contributed by atoms with E-state index < -0.39 is 16.8 Å². The molecule has 0 radical (unpaired) electrons. The largest absolute Gasteiger partial charge is 0.462 e. The minimum absolute atomic E-state index is 0.0276. The van der Waals surface area contributed by atoms with E-state index >= 15 is 0 Å². The van der Waals surface area contributed by atoms with Crippen molar-refractivity contribution in [3.05, 3.63) is 57.7 Å². The van der Waals surface area contributed by atoms with Crippen molar-refractivity contribution in [1.82, 2.24) is 14.9 Å². The third kappa shape index (κ3) is 4.88. The first-order valence-electron chi connectivity index (χ1n) is 8.15. The Labute approximate surface area is 150 Å². The maximum absolute atomic E-state index is 12.3. The first kappa shape index (κ1) is 19.1. The number of non-ortho nitro benzene ring substituents is 1. The second-order valence-electron chi connectivity index (χ2n) is 5.52. The molecule has 2 aromatic rings. The number of aromatic nitrogens is 2. The first-order valence-corrected chi connectivity index (χ1v) is 8.15. The Morgan fingerprint density at radius 2 is 2.04 bits per heavy atom. The van der Waals surface area contributed by atoms with Gasteiger partial charge in [-0.2, -0.15) is 0 Å². The molecule has 0 bridgehead atoms. The standard InChI is InChI=1S/C17H20N4O5/c1-3-26-17(23)14-9-13(10-15(11-14)21(24)25)16(22)19-5-4-7-20-8-6-18-12(20)2/h6,8-11H,3-5,7H2,1-2H3,(H,19,22). The van der Waals surface area contributed by atoms with Crippen LogP contribution in [0.4, 0.5) is 5.69 Å². The van der Waals surface area contributed by atoms with Crippen LogP contribution in [0.2, 0.25) is 0 Å². The Morgan fingerprint density at radius 3 is 2.65 bits per heavy atom. The number of carbonyl (C=O) groups is 2. The molecule has 2 rings (SSSR count). The molecule has 9 nitrogen and oxygen atoms in total. The first-order chi connectivity index (χ1) is 12.4. The van der Waals surface area contributed by atoms with Crippen molar-refractivity contribution in [3.63, 3.8) is 0 Å². The molecule has 1 aromatic heterocycles. The number of benzene rings is 1. The molecular formula is C17H20N4O5. The number of hydrogen-bond donors (Lipinski definition) is 1. The molecule has 1 amide bonds. The summed E-state index contributed by atoms with van der Waals surface area (Å²) in [5, 5.41) is 13.7. The lowest BCUT2D eigenvalue weighted by Crippen LogP contribution is -2.25. The molecule has 26 heavy (non-hydrogen) atoms. The molecule has 138 valence electrons. The van der Waals surface area contributed by atoms with Gasteiger partial charge in [-0.1, -0.05) is 0 Å². The van der Waals surface area contributed by atoms with Gasteiger partial charge in [0, 0.05) is 43.2 Å². The van der Waals surface area contributed by atoms with E-state index in [2.05, 4.69) is 10.3 Å². The highest BCUT2D eigenvalue weighted by molar-refractivity contribution is 5.98. The summed E-state index contributed by atoms with van der Waals surface area (Å²) in [7, 11) is 0. The van der Waals surface area contributed by atoms with Gasteiger partial charge in [0.25, 0.3) is 11.6 Å². The number of nitrogens with one attached hydrogen (secondary N) is 1. The summed E-state index contributed by atoms with van der Waals surface area (Å²) in [5.41, 5.74) is -0.323. The van der Waals surface area contributed by atoms with Crippen molar-refractivity contribution in [2.24, 2.45) is 0 Å². The molecule has 0 fully saturated rings. The van der Waals surface area contributed by atoms with E-state index in [9.17, 15) is 19.7 Å². The summed E-state index contributed by atoms with van der Waals surface area (Å²) in [5.74, 6) is -0.309. The van der Waals surface area contributed by atoms with Gasteiger partial charge in [0.15, 0.2) is 0 Å². The molecule has 1 N–H and O–H groups in total. The van der Waals surface area contributed by atoms with E-state index in [0.29, 0.717) is 19.5 Å². The quantitative estimate of drug-likeness (QED) is 0.333. The molecule has 0 saturated carbocycles. The zero-order valence-corrected chi connectivity index (χ0v) is 14.6. The van der Waals surface area contributed by atoms with E-state index in [1.54, 1.807) is 13.1 Å². The van der Waals surface area contributed by atoms with Crippen LogP contribution in [0, 0.1) is 17.0 Å². The van der Waals surface area contributed by atoms with Crippen molar-refractivity contribution >= 4 is 17.6 Å². The van der Waals surface area contributed by atoms with Gasteiger partial charge in [-0.3, -0.25) is 14.9 Å². The molecule has 0 aliphatic heterocycles. The van der Waals surface area contributed by atoms with Crippen LogP contribution in [0.25, 0.3) is 0 Å². The Bertz CT molecular complexity index is 815. The van der Waals surface area contributed by atoms with Gasteiger partial charge >= 0.3 is 5.97 Å². The van der Waals surface area contributed by atoms with Crippen molar-refractivity contribution in [2.75, 3.05) is 13.2 Å². The number of amides is 1. The Balaban J connectivity index is 2.03. The van der Waals surface area contributed by atoms with Crippen LogP contribution in [0.3, 0.4) is 0 Å². The van der Waals surface area contributed by atoms with Crippen molar-refractivity contribution < 1.29 is 19.2 Å². The molecule has 1 aromatic carbocycles. The molecule has 0 aliphatic rings. The number of imidazole rings is 1. The van der Waals surface area contributed by atoms with Gasteiger partial charge in [0.2, 0.25) is 0 Å². The molecule has 0 unspecified atom stereocenters. The van der Waals surface area contributed by atoms with Gasteiger partial charge < -0.3 is 14.6 Å². The van der Waals surface area contributed by atoms with Crippen LogP contribution < -0.4 is 5.32 Å². The minimum atomic E-state index is -0.708. The number of nitrogens with zero attached hydrogens (tertiary/aromatic N) is 3. The van der Waals surface area contributed by atoms with E-state index in [1.807, 2.05) is 17.7 Å². The van der Waals surface area contributed by atoms with Crippen molar-refractivity contribution in [2.45, 2.75) is 26.8 Å². The van der Waals surface area contributed by atoms with Gasteiger partial charge in [0.1, 0.15) is 5.82 Å². The molecule has 0 saturated heterocycles. The lowest BCUT2D eigenvalue weighted by molar-refractivity contribution is -0.384.